The van der Waals surface area contributed by atoms with Crippen molar-refractivity contribution in [2.24, 2.45) is 0 Å². The number of benzene rings is 1. The summed E-state index contributed by atoms with van der Waals surface area (Å²) in [5, 5.41) is 20.3. The third-order valence-electron chi connectivity index (χ3n) is 3.04. The van der Waals surface area contributed by atoms with E-state index in [1.807, 2.05) is 0 Å². The zero-order chi connectivity index (χ0) is 16.1. The van der Waals surface area contributed by atoms with Gasteiger partial charge in [0.1, 0.15) is 0 Å². The first-order chi connectivity index (χ1) is 10.6. The molecule has 2 rings (SSSR count). The van der Waals surface area contributed by atoms with Crippen LogP contribution in [-0.4, -0.2) is 40.8 Å². The largest absolute Gasteiger partial charge is 0.494 e. The van der Waals surface area contributed by atoms with Crippen molar-refractivity contribution in [2.45, 2.75) is 6.42 Å². The molecule has 8 nitrogen and oxygen atoms in total. The average Bonchev–Trinajstić information content (AvgIpc) is 2.54. The van der Waals surface area contributed by atoms with Gasteiger partial charge in [-0.2, -0.15) is 0 Å². The van der Waals surface area contributed by atoms with Gasteiger partial charge in [-0.05, 0) is 18.1 Å². The van der Waals surface area contributed by atoms with E-state index in [1.165, 1.54) is 32.7 Å². The zero-order valence-electron chi connectivity index (χ0n) is 12.1. The Kier molecular flexibility index (Phi) is 4.84. The first-order valence-electron chi connectivity index (χ1n) is 6.43. The van der Waals surface area contributed by atoms with Gasteiger partial charge in [-0.1, -0.05) is 0 Å². The van der Waals surface area contributed by atoms with Crippen LogP contribution in [0.5, 0.6) is 11.5 Å². The van der Waals surface area contributed by atoms with Crippen molar-refractivity contribution in [3.05, 3.63) is 40.2 Å². The predicted octanol–water partition coefficient (Wildman–Crippen LogP) is 1.60. The number of aliphatic hydroxyl groups excluding tert-OH is 1. The second-order valence-electron chi connectivity index (χ2n) is 4.37. The molecule has 0 saturated heterocycles. The SMILES string of the molecule is COc1cnc(-c2cc(CCO)cc([N+](=O)[O-])c2OC)nc1. The van der Waals surface area contributed by atoms with E-state index in [1.54, 1.807) is 6.07 Å². The Morgan fingerprint density at radius 2 is 1.91 bits per heavy atom. The van der Waals surface area contributed by atoms with Crippen LogP contribution in [0.25, 0.3) is 11.4 Å². The van der Waals surface area contributed by atoms with E-state index in [0.29, 0.717) is 16.9 Å². The number of rotatable bonds is 6. The summed E-state index contributed by atoms with van der Waals surface area (Å²) in [6, 6.07) is 3.05. The first kappa shape index (κ1) is 15.6. The van der Waals surface area contributed by atoms with E-state index >= 15 is 0 Å². The number of hydrogen-bond acceptors (Lipinski definition) is 7. The maximum atomic E-state index is 11.2. The lowest BCUT2D eigenvalue weighted by atomic mass is 10.0. The van der Waals surface area contributed by atoms with Crippen molar-refractivity contribution in [1.29, 1.82) is 0 Å². The van der Waals surface area contributed by atoms with Crippen molar-refractivity contribution in [1.82, 2.24) is 9.97 Å². The van der Waals surface area contributed by atoms with Gasteiger partial charge in [0, 0.05) is 12.7 Å². The number of methoxy groups -OCH3 is 2. The summed E-state index contributed by atoms with van der Waals surface area (Å²) in [5.74, 6) is 0.834. The Morgan fingerprint density at radius 3 is 2.41 bits per heavy atom. The van der Waals surface area contributed by atoms with E-state index in [-0.39, 0.29) is 30.3 Å². The number of nitrogens with zero attached hydrogens (tertiary/aromatic N) is 3. The highest BCUT2D eigenvalue weighted by molar-refractivity contribution is 5.72. The molecule has 0 saturated carbocycles. The molecule has 1 N–H and O–H groups in total. The Hall–Kier alpha value is -2.74. The fourth-order valence-electron chi connectivity index (χ4n) is 2.02. The van der Waals surface area contributed by atoms with Gasteiger partial charge in [0.2, 0.25) is 5.75 Å². The summed E-state index contributed by atoms with van der Waals surface area (Å²) in [6.07, 6.45) is 3.21. The molecule has 0 unspecified atom stereocenters. The molecule has 0 fully saturated rings. The van der Waals surface area contributed by atoms with Gasteiger partial charge in [-0.3, -0.25) is 10.1 Å². The average molecular weight is 305 g/mol. The van der Waals surface area contributed by atoms with Gasteiger partial charge in [-0.25, -0.2) is 9.97 Å². The molecule has 0 bridgehead atoms. The Bertz CT molecular complexity index is 673. The molecule has 2 aromatic rings. The highest BCUT2D eigenvalue weighted by atomic mass is 16.6. The Morgan fingerprint density at radius 1 is 1.23 bits per heavy atom. The molecule has 116 valence electrons. The lowest BCUT2D eigenvalue weighted by molar-refractivity contribution is -0.385. The topological polar surface area (TPSA) is 108 Å². The van der Waals surface area contributed by atoms with Gasteiger partial charge in [0.25, 0.3) is 0 Å². The quantitative estimate of drug-likeness (QED) is 0.638. The molecule has 1 heterocycles. The molecule has 22 heavy (non-hydrogen) atoms. The molecule has 0 amide bonds. The van der Waals surface area contributed by atoms with Crippen molar-refractivity contribution in [3.8, 4) is 22.9 Å². The maximum Gasteiger partial charge on any atom is 0.311 e. The molecule has 0 aliphatic heterocycles. The highest BCUT2D eigenvalue weighted by Gasteiger charge is 2.23. The molecule has 1 aromatic carbocycles. The molecule has 0 spiro atoms. The van der Waals surface area contributed by atoms with Gasteiger partial charge in [0.15, 0.2) is 11.6 Å². The summed E-state index contributed by atoms with van der Waals surface area (Å²) in [6.45, 7) is -0.119. The number of aromatic nitrogens is 2. The van der Waals surface area contributed by atoms with Crippen LogP contribution < -0.4 is 9.47 Å². The summed E-state index contributed by atoms with van der Waals surface area (Å²) < 4.78 is 10.2. The van der Waals surface area contributed by atoms with Gasteiger partial charge >= 0.3 is 5.69 Å². The number of hydrogen-bond donors (Lipinski definition) is 1. The summed E-state index contributed by atoms with van der Waals surface area (Å²) >= 11 is 0. The molecule has 0 aliphatic carbocycles. The smallest absolute Gasteiger partial charge is 0.311 e. The molecule has 1 aromatic heterocycles. The summed E-state index contributed by atoms with van der Waals surface area (Å²) in [5.41, 5.74) is 0.801. The van der Waals surface area contributed by atoms with Crippen molar-refractivity contribution in [2.75, 3.05) is 20.8 Å². The fraction of sp³-hybridized carbons (Fsp3) is 0.286. The van der Waals surface area contributed by atoms with Crippen LogP contribution in [0.2, 0.25) is 0 Å². The van der Waals surface area contributed by atoms with Crippen LogP contribution in [0.1, 0.15) is 5.56 Å². The molecule has 0 atom stereocenters. The van der Waals surface area contributed by atoms with Gasteiger partial charge < -0.3 is 14.6 Å². The Balaban J connectivity index is 2.62. The molecular formula is C14H15N3O5. The van der Waals surface area contributed by atoms with Crippen molar-refractivity contribution in [3.63, 3.8) is 0 Å². The molecule has 8 heteroatoms. The molecular weight excluding hydrogens is 290 g/mol. The van der Waals surface area contributed by atoms with E-state index < -0.39 is 4.92 Å². The minimum Gasteiger partial charge on any atom is -0.494 e. The normalized spacial score (nSPS) is 10.3. The van der Waals surface area contributed by atoms with Crippen LogP contribution >= 0.6 is 0 Å². The number of nitro benzene ring substituents is 1. The van der Waals surface area contributed by atoms with Crippen LogP contribution in [0, 0.1) is 10.1 Å². The lowest BCUT2D eigenvalue weighted by Crippen LogP contribution is -2.01. The molecule has 0 aliphatic rings. The number of nitro groups is 1. The fourth-order valence-corrected chi connectivity index (χ4v) is 2.02. The van der Waals surface area contributed by atoms with Crippen molar-refractivity contribution >= 4 is 5.69 Å². The van der Waals surface area contributed by atoms with E-state index in [2.05, 4.69) is 9.97 Å². The van der Waals surface area contributed by atoms with Crippen LogP contribution in [0.3, 0.4) is 0 Å². The summed E-state index contributed by atoms with van der Waals surface area (Å²) in [4.78, 5) is 18.9. The van der Waals surface area contributed by atoms with Crippen LogP contribution in [0.15, 0.2) is 24.5 Å². The minimum atomic E-state index is -0.535. The van der Waals surface area contributed by atoms with Crippen LogP contribution in [-0.2, 0) is 6.42 Å². The van der Waals surface area contributed by atoms with Crippen molar-refractivity contribution < 1.29 is 19.5 Å². The van der Waals surface area contributed by atoms with E-state index in [9.17, 15) is 10.1 Å². The van der Waals surface area contributed by atoms with Gasteiger partial charge in [0.05, 0.1) is 37.1 Å². The van der Waals surface area contributed by atoms with Gasteiger partial charge in [-0.15, -0.1) is 0 Å². The molecule has 0 radical (unpaired) electrons. The Labute approximate surface area is 126 Å². The second kappa shape index (κ2) is 6.81. The van der Waals surface area contributed by atoms with Crippen LogP contribution in [0.4, 0.5) is 5.69 Å². The standard InChI is InChI=1S/C14H15N3O5/c1-21-10-7-15-14(16-8-10)11-5-9(3-4-18)6-12(17(19)20)13(11)22-2/h5-8,18H,3-4H2,1-2H3. The predicted molar refractivity (Wildman–Crippen MR) is 78.0 cm³/mol. The lowest BCUT2D eigenvalue weighted by Gasteiger charge is -2.10. The summed E-state index contributed by atoms with van der Waals surface area (Å²) in [7, 11) is 2.84. The minimum absolute atomic E-state index is 0.0804. The third kappa shape index (κ3) is 3.12. The monoisotopic (exact) mass is 305 g/mol. The van der Waals surface area contributed by atoms with E-state index in [0.717, 1.165) is 0 Å². The number of aliphatic hydroxyl groups is 1. The third-order valence-corrected chi connectivity index (χ3v) is 3.04. The number of ether oxygens (including phenoxy) is 2. The maximum absolute atomic E-state index is 11.2. The second-order valence-corrected chi connectivity index (χ2v) is 4.37. The van der Waals surface area contributed by atoms with E-state index in [4.69, 9.17) is 14.6 Å². The zero-order valence-corrected chi connectivity index (χ0v) is 12.1. The first-order valence-corrected chi connectivity index (χ1v) is 6.43. The highest BCUT2D eigenvalue weighted by Crippen LogP contribution is 2.37.